The van der Waals surface area contributed by atoms with Gasteiger partial charge in [0.1, 0.15) is 11.5 Å². The molecule has 0 amide bonds. The molecule has 140 valence electrons. The number of rotatable bonds is 5. The molecule has 3 heterocycles. The molecule has 2 aromatic heterocycles. The Bertz CT molecular complexity index is 886. The predicted molar refractivity (Wildman–Crippen MR) is 104 cm³/mol. The maximum absolute atomic E-state index is 10.5. The van der Waals surface area contributed by atoms with Crippen molar-refractivity contribution in [3.05, 3.63) is 65.6 Å². The first-order chi connectivity index (χ1) is 13.2. The first-order valence-corrected chi connectivity index (χ1v) is 9.34. The smallest absolute Gasteiger partial charge is 0.222 e. The topological polar surface area (TPSA) is 74.4 Å². The molecule has 1 aromatic carbocycles. The Balaban J connectivity index is 1.36. The Morgan fingerprint density at radius 3 is 2.74 bits per heavy atom. The van der Waals surface area contributed by atoms with Crippen molar-refractivity contribution in [2.75, 3.05) is 18.4 Å². The van der Waals surface area contributed by atoms with E-state index in [1.165, 1.54) is 0 Å². The molecule has 1 saturated heterocycles. The third-order valence-corrected chi connectivity index (χ3v) is 5.06. The number of halogens is 1. The summed E-state index contributed by atoms with van der Waals surface area (Å²) in [6, 6.07) is 13.2. The summed E-state index contributed by atoms with van der Waals surface area (Å²) in [5.41, 5.74) is 0.885. The number of furan rings is 1. The highest BCUT2D eigenvalue weighted by atomic mass is 35.5. The van der Waals surface area contributed by atoms with Gasteiger partial charge in [-0.3, -0.25) is 4.90 Å². The summed E-state index contributed by atoms with van der Waals surface area (Å²) in [6.45, 7) is 2.06. The van der Waals surface area contributed by atoms with Crippen LogP contribution in [0, 0.1) is 0 Å². The second-order valence-electron chi connectivity index (χ2n) is 6.66. The van der Waals surface area contributed by atoms with Gasteiger partial charge in [-0.25, -0.2) is 9.97 Å². The van der Waals surface area contributed by atoms with Gasteiger partial charge in [0, 0.05) is 31.0 Å². The van der Waals surface area contributed by atoms with E-state index in [1.807, 2.05) is 36.4 Å². The van der Waals surface area contributed by atoms with E-state index in [-0.39, 0.29) is 6.04 Å². The molecule has 27 heavy (non-hydrogen) atoms. The molecule has 4 rings (SSSR count). The van der Waals surface area contributed by atoms with Crippen LogP contribution < -0.4 is 5.32 Å². The lowest BCUT2D eigenvalue weighted by Gasteiger charge is -2.35. The van der Waals surface area contributed by atoms with E-state index < -0.39 is 6.10 Å². The lowest BCUT2D eigenvalue weighted by Crippen LogP contribution is -2.49. The fraction of sp³-hybridized carbons (Fsp3) is 0.300. The number of aliphatic hydroxyl groups excluding tert-OH is 1. The van der Waals surface area contributed by atoms with Crippen LogP contribution in [-0.4, -0.2) is 45.2 Å². The molecule has 1 aliphatic heterocycles. The van der Waals surface area contributed by atoms with Crippen molar-refractivity contribution in [1.82, 2.24) is 14.9 Å². The predicted octanol–water partition coefficient (Wildman–Crippen LogP) is 3.44. The highest BCUT2D eigenvalue weighted by Gasteiger charge is 2.28. The fourth-order valence-corrected chi connectivity index (χ4v) is 3.57. The van der Waals surface area contributed by atoms with Gasteiger partial charge in [-0.15, -0.1) is 0 Å². The quantitative estimate of drug-likeness (QED) is 0.702. The van der Waals surface area contributed by atoms with Gasteiger partial charge in [0.15, 0.2) is 0 Å². The fourth-order valence-electron chi connectivity index (χ4n) is 3.34. The maximum Gasteiger partial charge on any atom is 0.222 e. The molecule has 2 atom stereocenters. The van der Waals surface area contributed by atoms with Crippen LogP contribution in [0.4, 0.5) is 5.95 Å². The lowest BCUT2D eigenvalue weighted by molar-refractivity contribution is 0.0528. The summed E-state index contributed by atoms with van der Waals surface area (Å²) in [6.07, 6.45) is 3.67. The number of likely N-dealkylation sites (tertiary alicyclic amines) is 1. The highest BCUT2D eigenvalue weighted by molar-refractivity contribution is 6.33. The SMILES string of the molecule is O[C@@H]1CN(Cc2ccc(-c3ccccc3Cl)o2)CC[C@H]1Nc1ncccn1. The number of β-amino-alcohol motifs (C(OH)–C–C–N with tert-alkyl or cyclic N) is 1. The van der Waals surface area contributed by atoms with Gasteiger partial charge in [0.05, 0.1) is 23.7 Å². The van der Waals surface area contributed by atoms with Crippen molar-refractivity contribution >= 4 is 17.5 Å². The van der Waals surface area contributed by atoms with Gasteiger partial charge in [0.2, 0.25) is 5.95 Å². The van der Waals surface area contributed by atoms with Crippen molar-refractivity contribution in [3.63, 3.8) is 0 Å². The summed E-state index contributed by atoms with van der Waals surface area (Å²) >= 11 is 6.24. The molecule has 0 bridgehead atoms. The van der Waals surface area contributed by atoms with Crippen molar-refractivity contribution in [3.8, 4) is 11.3 Å². The van der Waals surface area contributed by atoms with Crippen LogP contribution in [-0.2, 0) is 6.54 Å². The number of hydrogen-bond acceptors (Lipinski definition) is 6. The first-order valence-electron chi connectivity index (χ1n) is 8.96. The molecular formula is C20H21ClN4O2. The van der Waals surface area contributed by atoms with E-state index in [1.54, 1.807) is 18.5 Å². The zero-order chi connectivity index (χ0) is 18.6. The maximum atomic E-state index is 10.5. The Kier molecular flexibility index (Phi) is 5.38. The lowest BCUT2D eigenvalue weighted by atomic mass is 10.0. The first kappa shape index (κ1) is 18.0. The van der Waals surface area contributed by atoms with E-state index in [0.29, 0.717) is 24.1 Å². The molecule has 0 radical (unpaired) electrons. The molecule has 3 aromatic rings. The zero-order valence-electron chi connectivity index (χ0n) is 14.8. The van der Waals surface area contributed by atoms with Gasteiger partial charge >= 0.3 is 0 Å². The number of nitrogens with zero attached hydrogens (tertiary/aromatic N) is 3. The molecular weight excluding hydrogens is 364 g/mol. The van der Waals surface area contributed by atoms with Gasteiger partial charge < -0.3 is 14.8 Å². The van der Waals surface area contributed by atoms with E-state index in [2.05, 4.69) is 20.2 Å². The summed E-state index contributed by atoms with van der Waals surface area (Å²) in [5.74, 6) is 2.16. The molecule has 0 saturated carbocycles. The van der Waals surface area contributed by atoms with E-state index >= 15 is 0 Å². The highest BCUT2D eigenvalue weighted by Crippen LogP contribution is 2.29. The monoisotopic (exact) mass is 384 g/mol. The van der Waals surface area contributed by atoms with Crippen LogP contribution in [0.15, 0.2) is 59.3 Å². The molecule has 6 nitrogen and oxygen atoms in total. The molecule has 0 unspecified atom stereocenters. The third kappa shape index (κ3) is 4.30. The average Bonchev–Trinajstić information content (AvgIpc) is 3.13. The summed E-state index contributed by atoms with van der Waals surface area (Å²) in [7, 11) is 0. The van der Waals surface area contributed by atoms with Crippen LogP contribution >= 0.6 is 11.6 Å². The Morgan fingerprint density at radius 1 is 1.15 bits per heavy atom. The minimum atomic E-state index is -0.499. The largest absolute Gasteiger partial charge is 0.460 e. The Labute approximate surface area is 162 Å². The van der Waals surface area contributed by atoms with Crippen LogP contribution in [0.1, 0.15) is 12.2 Å². The zero-order valence-corrected chi connectivity index (χ0v) is 15.5. The molecule has 0 spiro atoms. The minimum Gasteiger partial charge on any atom is -0.460 e. The normalized spacial score (nSPS) is 20.5. The standard InChI is InChI=1S/C20H21ClN4O2/c21-16-5-2-1-4-15(16)19-7-6-14(27-19)12-25-11-8-17(18(26)13-25)24-20-22-9-3-10-23-20/h1-7,9-10,17-18,26H,8,11-13H2,(H,22,23,24)/t17-,18-/m1/s1. The number of benzene rings is 1. The minimum absolute atomic E-state index is 0.0565. The van der Waals surface area contributed by atoms with E-state index in [0.717, 1.165) is 30.0 Å². The molecule has 7 heteroatoms. The summed E-state index contributed by atoms with van der Waals surface area (Å²) in [5, 5.41) is 14.4. The number of piperidine rings is 1. The summed E-state index contributed by atoms with van der Waals surface area (Å²) in [4.78, 5) is 10.5. The van der Waals surface area contributed by atoms with Gasteiger partial charge in [0.25, 0.3) is 0 Å². The van der Waals surface area contributed by atoms with Crippen molar-refractivity contribution < 1.29 is 9.52 Å². The number of nitrogens with one attached hydrogen (secondary N) is 1. The summed E-state index contributed by atoms with van der Waals surface area (Å²) < 4.78 is 5.97. The average molecular weight is 385 g/mol. The number of aliphatic hydroxyl groups is 1. The van der Waals surface area contributed by atoms with Crippen LogP contribution in [0.3, 0.4) is 0 Å². The van der Waals surface area contributed by atoms with Crippen molar-refractivity contribution in [2.45, 2.75) is 25.1 Å². The van der Waals surface area contributed by atoms with Gasteiger partial charge in [-0.1, -0.05) is 23.7 Å². The van der Waals surface area contributed by atoms with E-state index in [9.17, 15) is 5.11 Å². The Hall–Kier alpha value is -2.41. The number of aromatic nitrogens is 2. The molecule has 1 fully saturated rings. The van der Waals surface area contributed by atoms with Crippen LogP contribution in [0.2, 0.25) is 5.02 Å². The van der Waals surface area contributed by atoms with Crippen LogP contribution in [0.25, 0.3) is 11.3 Å². The number of hydrogen-bond donors (Lipinski definition) is 2. The molecule has 2 N–H and O–H groups in total. The van der Waals surface area contributed by atoms with Crippen molar-refractivity contribution in [2.24, 2.45) is 0 Å². The molecule has 0 aliphatic carbocycles. The second-order valence-corrected chi connectivity index (χ2v) is 7.07. The third-order valence-electron chi connectivity index (χ3n) is 4.73. The van der Waals surface area contributed by atoms with Gasteiger partial charge in [-0.05, 0) is 36.8 Å². The van der Waals surface area contributed by atoms with Gasteiger partial charge in [-0.2, -0.15) is 0 Å². The van der Waals surface area contributed by atoms with Crippen LogP contribution in [0.5, 0.6) is 0 Å². The second kappa shape index (κ2) is 8.08. The number of anilines is 1. The van der Waals surface area contributed by atoms with E-state index in [4.69, 9.17) is 16.0 Å². The van der Waals surface area contributed by atoms with Crippen molar-refractivity contribution in [1.29, 1.82) is 0 Å². The Morgan fingerprint density at radius 2 is 1.96 bits per heavy atom. The molecule has 1 aliphatic rings.